The van der Waals surface area contributed by atoms with Gasteiger partial charge in [0.2, 0.25) is 0 Å². The summed E-state index contributed by atoms with van der Waals surface area (Å²) in [5, 5.41) is 0.282. The Morgan fingerprint density at radius 1 is 0.750 bits per heavy atom. The molecule has 1 fully saturated rings. The SMILES string of the molecule is Cl.PC1(c2ccccc2-c2ccccc2)CCCCC1. The van der Waals surface area contributed by atoms with Gasteiger partial charge in [-0.15, -0.1) is 21.6 Å². The zero-order chi connectivity index (χ0) is 13.1. The van der Waals surface area contributed by atoms with Crippen LogP contribution in [0, 0.1) is 0 Å². The highest BCUT2D eigenvalue weighted by Crippen LogP contribution is 2.47. The molecule has 0 aliphatic heterocycles. The van der Waals surface area contributed by atoms with Gasteiger partial charge in [-0.25, -0.2) is 0 Å². The van der Waals surface area contributed by atoms with Crippen molar-refractivity contribution in [2.24, 2.45) is 0 Å². The van der Waals surface area contributed by atoms with Crippen molar-refractivity contribution in [3.8, 4) is 11.1 Å². The fraction of sp³-hybridized carbons (Fsp3) is 0.333. The van der Waals surface area contributed by atoms with Crippen molar-refractivity contribution in [2.45, 2.75) is 37.3 Å². The number of rotatable bonds is 2. The molecule has 0 aromatic heterocycles. The topological polar surface area (TPSA) is 0 Å². The van der Waals surface area contributed by atoms with Gasteiger partial charge in [-0.3, -0.25) is 0 Å². The van der Waals surface area contributed by atoms with E-state index in [2.05, 4.69) is 63.8 Å². The standard InChI is InChI=1S/C18H21P.ClH/c19-18(13-7-2-8-14-18)17-12-6-5-11-16(17)15-9-3-1-4-10-15;/h1,3-6,9-12H,2,7-8,13-14,19H2;1H. The van der Waals surface area contributed by atoms with Gasteiger partial charge in [-0.1, -0.05) is 73.9 Å². The van der Waals surface area contributed by atoms with Crippen LogP contribution < -0.4 is 0 Å². The van der Waals surface area contributed by atoms with Crippen molar-refractivity contribution >= 4 is 21.6 Å². The molecule has 0 bridgehead atoms. The molecule has 1 atom stereocenters. The molecule has 1 unspecified atom stereocenters. The van der Waals surface area contributed by atoms with Gasteiger partial charge < -0.3 is 0 Å². The molecule has 2 aromatic carbocycles. The van der Waals surface area contributed by atoms with E-state index in [0.717, 1.165) is 0 Å². The van der Waals surface area contributed by atoms with Crippen molar-refractivity contribution in [2.75, 3.05) is 0 Å². The first-order chi connectivity index (χ1) is 9.30. The molecular formula is C18H22ClP. The molecule has 106 valence electrons. The van der Waals surface area contributed by atoms with E-state index in [-0.39, 0.29) is 17.6 Å². The van der Waals surface area contributed by atoms with Crippen LogP contribution in [0.1, 0.15) is 37.7 Å². The van der Waals surface area contributed by atoms with E-state index >= 15 is 0 Å². The normalized spacial score (nSPS) is 17.2. The number of halogens is 1. The van der Waals surface area contributed by atoms with Crippen LogP contribution in [-0.4, -0.2) is 0 Å². The third-order valence-electron chi connectivity index (χ3n) is 4.29. The molecule has 20 heavy (non-hydrogen) atoms. The zero-order valence-corrected chi connectivity index (χ0v) is 13.7. The summed E-state index contributed by atoms with van der Waals surface area (Å²) in [5.74, 6) is 0. The fourth-order valence-corrected chi connectivity index (χ4v) is 3.90. The van der Waals surface area contributed by atoms with Crippen LogP contribution in [0.3, 0.4) is 0 Å². The smallest absolute Gasteiger partial charge is 0.0104 e. The molecule has 1 aliphatic carbocycles. The molecule has 1 saturated carbocycles. The Labute approximate surface area is 130 Å². The summed E-state index contributed by atoms with van der Waals surface area (Å²) in [6, 6.07) is 19.7. The van der Waals surface area contributed by atoms with Gasteiger partial charge in [0.25, 0.3) is 0 Å². The first-order valence-corrected chi connectivity index (χ1v) is 7.81. The van der Waals surface area contributed by atoms with E-state index in [1.165, 1.54) is 48.8 Å². The van der Waals surface area contributed by atoms with Gasteiger partial charge in [0.15, 0.2) is 0 Å². The lowest BCUT2D eigenvalue weighted by Crippen LogP contribution is -2.22. The third kappa shape index (κ3) is 3.08. The average Bonchev–Trinajstić information content (AvgIpc) is 2.49. The van der Waals surface area contributed by atoms with E-state index in [1.54, 1.807) is 0 Å². The molecule has 0 N–H and O–H groups in total. The summed E-state index contributed by atoms with van der Waals surface area (Å²) in [4.78, 5) is 0. The molecule has 2 aromatic rings. The highest BCUT2D eigenvalue weighted by molar-refractivity contribution is 7.18. The van der Waals surface area contributed by atoms with Gasteiger partial charge in [0.05, 0.1) is 0 Å². The highest BCUT2D eigenvalue weighted by Gasteiger charge is 2.30. The maximum absolute atomic E-state index is 3.16. The Hall–Kier alpha value is -0.840. The molecular weight excluding hydrogens is 283 g/mol. The largest absolute Gasteiger partial charge is 0.147 e. The van der Waals surface area contributed by atoms with Crippen molar-refractivity contribution in [3.63, 3.8) is 0 Å². The maximum atomic E-state index is 3.16. The van der Waals surface area contributed by atoms with Crippen LogP contribution in [0.2, 0.25) is 0 Å². The van der Waals surface area contributed by atoms with Crippen molar-refractivity contribution in [1.82, 2.24) is 0 Å². The van der Waals surface area contributed by atoms with Crippen LogP contribution in [0.4, 0.5) is 0 Å². The minimum atomic E-state index is 0. The van der Waals surface area contributed by atoms with Crippen LogP contribution in [-0.2, 0) is 5.16 Å². The predicted molar refractivity (Wildman–Crippen MR) is 93.6 cm³/mol. The van der Waals surface area contributed by atoms with Crippen LogP contribution in [0.25, 0.3) is 11.1 Å². The van der Waals surface area contributed by atoms with E-state index in [4.69, 9.17) is 0 Å². The fourth-order valence-electron chi connectivity index (χ4n) is 3.24. The van der Waals surface area contributed by atoms with Crippen molar-refractivity contribution in [1.29, 1.82) is 0 Å². The maximum Gasteiger partial charge on any atom is 0.0104 e. The van der Waals surface area contributed by atoms with Gasteiger partial charge in [0.1, 0.15) is 0 Å². The summed E-state index contributed by atoms with van der Waals surface area (Å²) >= 11 is 0. The first kappa shape index (κ1) is 15.5. The van der Waals surface area contributed by atoms with Gasteiger partial charge in [-0.2, -0.15) is 0 Å². The predicted octanol–water partition coefficient (Wildman–Crippen LogP) is 5.81. The number of hydrogen-bond acceptors (Lipinski definition) is 0. The molecule has 0 spiro atoms. The Morgan fingerprint density at radius 2 is 1.35 bits per heavy atom. The lowest BCUT2D eigenvalue weighted by atomic mass is 9.80. The molecule has 0 heterocycles. The Morgan fingerprint density at radius 3 is 2.05 bits per heavy atom. The third-order valence-corrected chi connectivity index (χ3v) is 5.18. The summed E-state index contributed by atoms with van der Waals surface area (Å²) in [6.45, 7) is 0. The van der Waals surface area contributed by atoms with Gasteiger partial charge in [0, 0.05) is 5.16 Å². The Bertz CT molecular complexity index is 544. The van der Waals surface area contributed by atoms with Crippen LogP contribution >= 0.6 is 21.6 Å². The molecule has 0 radical (unpaired) electrons. The summed E-state index contributed by atoms with van der Waals surface area (Å²) in [5.41, 5.74) is 4.25. The van der Waals surface area contributed by atoms with Crippen molar-refractivity contribution < 1.29 is 0 Å². The second-order valence-electron chi connectivity index (χ2n) is 5.63. The molecule has 0 saturated heterocycles. The summed E-state index contributed by atoms with van der Waals surface area (Å²) in [7, 11) is 3.16. The van der Waals surface area contributed by atoms with E-state index in [0.29, 0.717) is 0 Å². The second-order valence-corrected chi connectivity index (χ2v) is 6.73. The average molecular weight is 305 g/mol. The summed E-state index contributed by atoms with van der Waals surface area (Å²) < 4.78 is 0. The highest BCUT2D eigenvalue weighted by atomic mass is 35.5. The first-order valence-electron chi connectivity index (χ1n) is 7.23. The lowest BCUT2D eigenvalue weighted by molar-refractivity contribution is 0.407. The summed E-state index contributed by atoms with van der Waals surface area (Å²) in [6.07, 6.45) is 6.69. The molecule has 0 amide bonds. The van der Waals surface area contributed by atoms with E-state index < -0.39 is 0 Å². The van der Waals surface area contributed by atoms with Gasteiger partial charge in [-0.05, 0) is 29.5 Å². The Kier molecular flexibility index (Phi) is 5.24. The van der Waals surface area contributed by atoms with Crippen LogP contribution in [0.5, 0.6) is 0 Å². The molecule has 3 rings (SSSR count). The van der Waals surface area contributed by atoms with Gasteiger partial charge >= 0.3 is 0 Å². The zero-order valence-electron chi connectivity index (χ0n) is 11.7. The number of benzene rings is 2. The van der Waals surface area contributed by atoms with E-state index in [9.17, 15) is 0 Å². The molecule has 0 nitrogen and oxygen atoms in total. The minimum absolute atomic E-state index is 0. The number of hydrogen-bond donors (Lipinski definition) is 0. The monoisotopic (exact) mass is 304 g/mol. The Balaban J connectivity index is 0.00000147. The lowest BCUT2D eigenvalue weighted by Gasteiger charge is -2.35. The minimum Gasteiger partial charge on any atom is -0.147 e. The van der Waals surface area contributed by atoms with Crippen LogP contribution in [0.15, 0.2) is 54.6 Å². The molecule has 2 heteroatoms. The van der Waals surface area contributed by atoms with Crippen molar-refractivity contribution in [3.05, 3.63) is 60.2 Å². The quantitative estimate of drug-likeness (QED) is 0.614. The molecule has 1 aliphatic rings. The van der Waals surface area contributed by atoms with E-state index in [1.807, 2.05) is 0 Å². The second kappa shape index (κ2) is 6.74.